The smallest absolute Gasteiger partial charge is 0.260 e. The quantitative estimate of drug-likeness (QED) is 0.553. The van der Waals surface area contributed by atoms with Crippen molar-refractivity contribution in [1.29, 1.82) is 0 Å². The Morgan fingerprint density at radius 1 is 1.00 bits per heavy atom. The van der Waals surface area contributed by atoms with Crippen LogP contribution in [0.1, 0.15) is 0 Å². The van der Waals surface area contributed by atoms with Crippen LogP contribution in [0.3, 0.4) is 0 Å². The number of aromatic amines is 2. The molecule has 4 aromatic rings. The second kappa shape index (κ2) is 4.03. The van der Waals surface area contributed by atoms with Crippen LogP contribution in [0.5, 0.6) is 0 Å². The van der Waals surface area contributed by atoms with Gasteiger partial charge < -0.3 is 9.97 Å². The van der Waals surface area contributed by atoms with Crippen LogP contribution in [0, 0.1) is 0 Å². The normalized spacial score (nSPS) is 11.2. The van der Waals surface area contributed by atoms with Gasteiger partial charge in [0.25, 0.3) is 5.56 Å². The number of pyridine rings is 2. The van der Waals surface area contributed by atoms with E-state index in [0.29, 0.717) is 17.0 Å². The highest BCUT2D eigenvalue weighted by atomic mass is 16.1. The fourth-order valence-corrected chi connectivity index (χ4v) is 2.29. The van der Waals surface area contributed by atoms with E-state index in [2.05, 4.69) is 19.9 Å². The first-order valence-electron chi connectivity index (χ1n) is 6.24. The zero-order valence-corrected chi connectivity index (χ0v) is 10.4. The molecule has 5 nitrogen and oxygen atoms in total. The summed E-state index contributed by atoms with van der Waals surface area (Å²) < 4.78 is 0. The highest BCUT2D eigenvalue weighted by Crippen LogP contribution is 2.19. The number of para-hydroxylation sites is 2. The number of fused-ring (bicyclic) bond motifs is 2. The fraction of sp³-hybridized carbons (Fsp3) is 0. The van der Waals surface area contributed by atoms with Crippen LogP contribution in [0.4, 0.5) is 0 Å². The third-order valence-corrected chi connectivity index (χ3v) is 3.26. The van der Waals surface area contributed by atoms with Crippen molar-refractivity contribution in [3.63, 3.8) is 0 Å². The molecular formula is C15H10N4O. The molecule has 0 aliphatic rings. The molecule has 0 saturated carbocycles. The fourth-order valence-electron chi connectivity index (χ4n) is 2.29. The maximum Gasteiger partial charge on any atom is 0.260 e. The second-order valence-electron chi connectivity index (χ2n) is 4.56. The van der Waals surface area contributed by atoms with E-state index in [0.717, 1.165) is 16.4 Å². The van der Waals surface area contributed by atoms with E-state index >= 15 is 0 Å². The SMILES string of the molecule is O=c1[nH]c2ncccc2cc1-c1nc2ccccc2[nH]1. The highest BCUT2D eigenvalue weighted by Gasteiger charge is 2.10. The molecule has 0 amide bonds. The number of imidazole rings is 1. The predicted octanol–water partition coefficient (Wildman–Crippen LogP) is 2.47. The van der Waals surface area contributed by atoms with Crippen molar-refractivity contribution in [2.45, 2.75) is 0 Å². The molecule has 96 valence electrons. The van der Waals surface area contributed by atoms with Crippen LogP contribution in [-0.4, -0.2) is 19.9 Å². The first-order chi connectivity index (χ1) is 9.81. The number of nitrogens with one attached hydrogen (secondary N) is 2. The van der Waals surface area contributed by atoms with Gasteiger partial charge in [-0.1, -0.05) is 12.1 Å². The molecule has 0 radical (unpaired) electrons. The molecule has 0 unspecified atom stereocenters. The van der Waals surface area contributed by atoms with E-state index in [1.165, 1.54) is 0 Å². The molecule has 0 spiro atoms. The zero-order valence-electron chi connectivity index (χ0n) is 10.4. The Morgan fingerprint density at radius 2 is 1.90 bits per heavy atom. The number of rotatable bonds is 1. The van der Waals surface area contributed by atoms with Crippen molar-refractivity contribution >= 4 is 22.1 Å². The number of nitrogens with zero attached hydrogens (tertiary/aromatic N) is 2. The minimum Gasteiger partial charge on any atom is -0.338 e. The van der Waals surface area contributed by atoms with E-state index in [9.17, 15) is 4.79 Å². The summed E-state index contributed by atoms with van der Waals surface area (Å²) in [6.07, 6.45) is 1.65. The molecule has 3 aromatic heterocycles. The molecule has 0 aliphatic carbocycles. The Hall–Kier alpha value is -2.95. The summed E-state index contributed by atoms with van der Waals surface area (Å²) >= 11 is 0. The summed E-state index contributed by atoms with van der Waals surface area (Å²) in [6.45, 7) is 0. The molecule has 3 heterocycles. The Kier molecular flexibility index (Phi) is 2.20. The molecule has 5 heteroatoms. The van der Waals surface area contributed by atoms with E-state index < -0.39 is 0 Å². The van der Waals surface area contributed by atoms with Gasteiger partial charge in [0.15, 0.2) is 0 Å². The lowest BCUT2D eigenvalue weighted by Crippen LogP contribution is -2.10. The van der Waals surface area contributed by atoms with E-state index in [4.69, 9.17) is 0 Å². The maximum absolute atomic E-state index is 12.2. The molecule has 2 N–H and O–H groups in total. The van der Waals surface area contributed by atoms with Crippen molar-refractivity contribution in [3.8, 4) is 11.4 Å². The Balaban J connectivity index is 2.01. The van der Waals surface area contributed by atoms with E-state index in [1.54, 1.807) is 12.3 Å². The summed E-state index contributed by atoms with van der Waals surface area (Å²) in [5, 5.41) is 0.877. The van der Waals surface area contributed by atoms with E-state index in [1.807, 2.05) is 36.4 Å². The standard InChI is InChI=1S/C15H10N4O/c20-15-10(8-9-4-3-7-16-13(9)19-15)14-17-11-5-1-2-6-12(11)18-14/h1-8H,(H,17,18)(H,16,19,20). The number of H-pyrrole nitrogens is 2. The average molecular weight is 262 g/mol. The third kappa shape index (κ3) is 1.60. The number of aromatic nitrogens is 4. The molecular weight excluding hydrogens is 252 g/mol. The number of hydrogen-bond acceptors (Lipinski definition) is 3. The lowest BCUT2D eigenvalue weighted by Gasteiger charge is -1.99. The van der Waals surface area contributed by atoms with Crippen LogP contribution < -0.4 is 5.56 Å². The van der Waals surface area contributed by atoms with Crippen LogP contribution >= 0.6 is 0 Å². The molecule has 20 heavy (non-hydrogen) atoms. The molecule has 0 bridgehead atoms. The van der Waals surface area contributed by atoms with Crippen LogP contribution in [0.2, 0.25) is 0 Å². The van der Waals surface area contributed by atoms with Gasteiger partial charge in [-0.2, -0.15) is 0 Å². The predicted molar refractivity (Wildman–Crippen MR) is 77.5 cm³/mol. The summed E-state index contributed by atoms with van der Waals surface area (Å²) in [5.74, 6) is 0.568. The van der Waals surface area contributed by atoms with Crippen molar-refractivity contribution in [3.05, 3.63) is 59.0 Å². The highest BCUT2D eigenvalue weighted by molar-refractivity contribution is 5.83. The van der Waals surface area contributed by atoms with E-state index in [-0.39, 0.29) is 5.56 Å². The van der Waals surface area contributed by atoms with Crippen molar-refractivity contribution < 1.29 is 0 Å². The van der Waals surface area contributed by atoms with Crippen molar-refractivity contribution in [1.82, 2.24) is 19.9 Å². The molecule has 4 rings (SSSR count). The summed E-state index contributed by atoms with van der Waals surface area (Å²) in [5.41, 5.74) is 2.65. The van der Waals surface area contributed by atoms with Gasteiger partial charge in [-0.3, -0.25) is 4.79 Å². The number of hydrogen-bond donors (Lipinski definition) is 2. The second-order valence-corrected chi connectivity index (χ2v) is 4.56. The van der Waals surface area contributed by atoms with Gasteiger partial charge in [0.05, 0.1) is 16.6 Å². The Labute approximate surface area is 113 Å². The minimum atomic E-state index is -0.199. The minimum absolute atomic E-state index is 0.199. The van der Waals surface area contributed by atoms with Gasteiger partial charge in [0.2, 0.25) is 0 Å². The third-order valence-electron chi connectivity index (χ3n) is 3.26. The van der Waals surface area contributed by atoms with Gasteiger partial charge in [0, 0.05) is 11.6 Å². The molecule has 0 atom stereocenters. The lowest BCUT2D eigenvalue weighted by atomic mass is 10.2. The van der Waals surface area contributed by atoms with Gasteiger partial charge in [-0.25, -0.2) is 9.97 Å². The van der Waals surface area contributed by atoms with Crippen LogP contribution in [0.25, 0.3) is 33.5 Å². The first-order valence-corrected chi connectivity index (χ1v) is 6.24. The van der Waals surface area contributed by atoms with Gasteiger partial charge in [-0.15, -0.1) is 0 Å². The van der Waals surface area contributed by atoms with Gasteiger partial charge >= 0.3 is 0 Å². The lowest BCUT2D eigenvalue weighted by molar-refractivity contribution is 1.21. The number of benzene rings is 1. The largest absolute Gasteiger partial charge is 0.338 e. The topological polar surface area (TPSA) is 74.4 Å². The van der Waals surface area contributed by atoms with Gasteiger partial charge in [-0.05, 0) is 30.3 Å². The summed E-state index contributed by atoms with van der Waals surface area (Å²) in [7, 11) is 0. The molecule has 0 saturated heterocycles. The average Bonchev–Trinajstić information content (AvgIpc) is 2.90. The Bertz CT molecular complexity index is 951. The van der Waals surface area contributed by atoms with Crippen LogP contribution in [0.15, 0.2) is 53.5 Å². The zero-order chi connectivity index (χ0) is 13.5. The van der Waals surface area contributed by atoms with Crippen molar-refractivity contribution in [2.24, 2.45) is 0 Å². The summed E-state index contributed by atoms with van der Waals surface area (Å²) in [4.78, 5) is 26.7. The Morgan fingerprint density at radius 3 is 2.80 bits per heavy atom. The summed E-state index contributed by atoms with van der Waals surface area (Å²) in [6, 6.07) is 13.2. The first kappa shape index (κ1) is 10.9. The van der Waals surface area contributed by atoms with Gasteiger partial charge in [0.1, 0.15) is 11.5 Å². The van der Waals surface area contributed by atoms with Crippen molar-refractivity contribution in [2.75, 3.05) is 0 Å². The molecule has 0 fully saturated rings. The maximum atomic E-state index is 12.2. The molecule has 0 aliphatic heterocycles. The monoisotopic (exact) mass is 262 g/mol. The van der Waals surface area contributed by atoms with Crippen LogP contribution in [-0.2, 0) is 0 Å². The molecule has 1 aromatic carbocycles.